The number of aromatic nitrogens is 1. The smallest absolute Gasteiger partial charge is 0.251 e. The van der Waals surface area contributed by atoms with Gasteiger partial charge in [0.25, 0.3) is 5.91 Å². The van der Waals surface area contributed by atoms with E-state index in [0.29, 0.717) is 12.1 Å². The van der Waals surface area contributed by atoms with Gasteiger partial charge >= 0.3 is 0 Å². The van der Waals surface area contributed by atoms with Crippen LogP contribution in [0.15, 0.2) is 72.9 Å². The summed E-state index contributed by atoms with van der Waals surface area (Å²) in [4.78, 5) is 19.2. The first kappa shape index (κ1) is 23.2. The summed E-state index contributed by atoms with van der Waals surface area (Å²) < 4.78 is 0. The Labute approximate surface area is 191 Å². The Hall–Kier alpha value is -3.44. The van der Waals surface area contributed by atoms with E-state index in [4.69, 9.17) is 0 Å². The van der Waals surface area contributed by atoms with Gasteiger partial charge in [-0.05, 0) is 80.2 Å². The fraction of sp³-hybridized carbons (Fsp3) is 0.259. The van der Waals surface area contributed by atoms with Crippen LogP contribution in [0.4, 0.5) is 11.4 Å². The number of amides is 1. The molecule has 3 aromatic rings. The lowest BCUT2D eigenvalue weighted by atomic mass is 10.1. The van der Waals surface area contributed by atoms with Crippen LogP contribution in [0.5, 0.6) is 0 Å². The highest BCUT2D eigenvalue weighted by Gasteiger charge is 2.07. The molecule has 0 bridgehead atoms. The van der Waals surface area contributed by atoms with Gasteiger partial charge in [0, 0.05) is 29.7 Å². The van der Waals surface area contributed by atoms with E-state index >= 15 is 0 Å². The van der Waals surface area contributed by atoms with E-state index in [1.165, 1.54) is 0 Å². The molecule has 2 N–H and O–H groups in total. The average Bonchev–Trinajstić information content (AvgIpc) is 2.84. The lowest BCUT2D eigenvalue weighted by Crippen LogP contribution is -2.29. The summed E-state index contributed by atoms with van der Waals surface area (Å²) in [6.45, 7) is 8.08. The van der Waals surface area contributed by atoms with Gasteiger partial charge in [0.15, 0.2) is 0 Å². The van der Waals surface area contributed by atoms with Crippen LogP contribution in [0.25, 0.3) is 12.2 Å². The second-order valence-electron chi connectivity index (χ2n) is 7.56. The molecule has 1 amide bonds. The molecule has 1 heterocycles. The highest BCUT2D eigenvalue weighted by atomic mass is 16.1. The minimum Gasteiger partial charge on any atom is -0.355 e. The topological polar surface area (TPSA) is 57.3 Å². The van der Waals surface area contributed by atoms with Crippen LogP contribution in [0.1, 0.15) is 41.9 Å². The van der Waals surface area contributed by atoms with Gasteiger partial charge in [-0.1, -0.05) is 44.2 Å². The van der Waals surface area contributed by atoms with Gasteiger partial charge in [-0.25, -0.2) is 0 Å². The summed E-state index contributed by atoms with van der Waals surface area (Å²) in [5.74, 6) is -0.0414. The Morgan fingerprint density at radius 2 is 1.72 bits per heavy atom. The minimum atomic E-state index is -0.0414. The maximum absolute atomic E-state index is 12.5. The van der Waals surface area contributed by atoms with Crippen molar-refractivity contribution in [2.75, 3.05) is 31.5 Å². The summed E-state index contributed by atoms with van der Waals surface area (Å²) in [6, 6.07) is 21.6. The van der Waals surface area contributed by atoms with Crippen molar-refractivity contribution in [3.63, 3.8) is 0 Å². The summed E-state index contributed by atoms with van der Waals surface area (Å²) >= 11 is 0. The fourth-order valence-electron chi connectivity index (χ4n) is 3.43. The molecule has 0 saturated carbocycles. The largest absolute Gasteiger partial charge is 0.355 e. The predicted molar refractivity (Wildman–Crippen MR) is 134 cm³/mol. The molecule has 0 atom stereocenters. The zero-order valence-electron chi connectivity index (χ0n) is 18.9. The molecule has 1 aromatic heterocycles. The number of carbonyl (C=O) groups is 1. The Bertz CT molecular complexity index is 1010. The van der Waals surface area contributed by atoms with Crippen LogP contribution in [-0.2, 0) is 0 Å². The molecule has 0 aliphatic carbocycles. The molecule has 5 heteroatoms. The third-order valence-corrected chi connectivity index (χ3v) is 5.27. The molecule has 0 radical (unpaired) electrons. The SMILES string of the molecule is CCN(CC)CCCNC(=O)c1cccc(Nc2cccc(/C=C/c3ccccn3)c2)c1. The Balaban J connectivity index is 1.57. The van der Waals surface area contributed by atoms with Crippen LogP contribution in [0, 0.1) is 0 Å². The highest BCUT2D eigenvalue weighted by Crippen LogP contribution is 2.20. The van der Waals surface area contributed by atoms with E-state index in [1.54, 1.807) is 6.20 Å². The van der Waals surface area contributed by atoms with E-state index in [1.807, 2.05) is 72.8 Å². The lowest BCUT2D eigenvalue weighted by molar-refractivity contribution is 0.0952. The molecule has 3 rings (SSSR count). The molecular weight excluding hydrogens is 396 g/mol. The summed E-state index contributed by atoms with van der Waals surface area (Å²) in [5.41, 5.74) is 4.49. The summed E-state index contributed by atoms with van der Waals surface area (Å²) in [5, 5.41) is 6.43. The maximum Gasteiger partial charge on any atom is 0.251 e. The molecule has 0 aliphatic heterocycles. The van der Waals surface area contributed by atoms with E-state index in [2.05, 4.69) is 40.4 Å². The number of benzene rings is 2. The summed E-state index contributed by atoms with van der Waals surface area (Å²) in [6.07, 6.45) is 6.76. The van der Waals surface area contributed by atoms with Gasteiger partial charge in [-0.3, -0.25) is 9.78 Å². The maximum atomic E-state index is 12.5. The molecule has 0 unspecified atom stereocenters. The standard InChI is InChI=1S/C27H32N4O/c1-3-31(4-2)19-9-18-29-27(32)23-11-8-14-26(21-23)30-25-13-7-10-22(20-25)15-16-24-12-5-6-17-28-24/h5-8,10-17,20-21,30H,3-4,9,18-19H2,1-2H3,(H,29,32)/b16-15+. The quantitative estimate of drug-likeness (QED) is 0.398. The minimum absolute atomic E-state index is 0.0414. The first-order valence-electron chi connectivity index (χ1n) is 11.2. The number of hydrogen-bond acceptors (Lipinski definition) is 4. The first-order valence-corrected chi connectivity index (χ1v) is 11.2. The Kier molecular flexibility index (Phi) is 9.02. The van der Waals surface area contributed by atoms with Crippen LogP contribution >= 0.6 is 0 Å². The molecule has 5 nitrogen and oxygen atoms in total. The van der Waals surface area contributed by atoms with Gasteiger partial charge in [0.05, 0.1) is 5.69 Å². The molecule has 0 saturated heterocycles. The van der Waals surface area contributed by atoms with Gasteiger partial charge in [-0.15, -0.1) is 0 Å². The van der Waals surface area contributed by atoms with Crippen LogP contribution < -0.4 is 10.6 Å². The molecule has 2 aromatic carbocycles. The zero-order valence-corrected chi connectivity index (χ0v) is 18.9. The number of carbonyl (C=O) groups excluding carboxylic acids is 1. The van der Waals surface area contributed by atoms with Crippen molar-refractivity contribution in [3.8, 4) is 0 Å². The van der Waals surface area contributed by atoms with Crippen molar-refractivity contribution in [3.05, 3.63) is 89.7 Å². The van der Waals surface area contributed by atoms with Crippen molar-refractivity contribution in [1.29, 1.82) is 0 Å². The second kappa shape index (κ2) is 12.4. The number of hydrogen-bond donors (Lipinski definition) is 2. The highest BCUT2D eigenvalue weighted by molar-refractivity contribution is 5.95. The van der Waals surface area contributed by atoms with Crippen molar-refractivity contribution in [2.24, 2.45) is 0 Å². The van der Waals surface area contributed by atoms with Crippen molar-refractivity contribution < 1.29 is 4.79 Å². The zero-order chi connectivity index (χ0) is 22.6. The fourth-order valence-corrected chi connectivity index (χ4v) is 3.43. The average molecular weight is 429 g/mol. The lowest BCUT2D eigenvalue weighted by Gasteiger charge is -2.17. The van der Waals surface area contributed by atoms with Crippen molar-refractivity contribution in [1.82, 2.24) is 15.2 Å². The number of anilines is 2. The normalized spacial score (nSPS) is 11.1. The van der Waals surface area contributed by atoms with Gasteiger partial charge in [-0.2, -0.15) is 0 Å². The molecule has 0 fully saturated rings. The van der Waals surface area contributed by atoms with Crippen LogP contribution in [-0.4, -0.2) is 42.0 Å². The van der Waals surface area contributed by atoms with Gasteiger partial charge in [0.2, 0.25) is 0 Å². The van der Waals surface area contributed by atoms with Crippen molar-refractivity contribution >= 4 is 29.4 Å². The second-order valence-corrected chi connectivity index (χ2v) is 7.56. The molecule has 0 spiro atoms. The third-order valence-electron chi connectivity index (χ3n) is 5.27. The number of nitrogens with one attached hydrogen (secondary N) is 2. The van der Waals surface area contributed by atoms with E-state index in [9.17, 15) is 4.79 Å². The predicted octanol–water partition coefficient (Wildman–Crippen LogP) is 5.46. The van der Waals surface area contributed by atoms with Crippen LogP contribution in [0.2, 0.25) is 0 Å². The monoisotopic (exact) mass is 428 g/mol. The molecule has 32 heavy (non-hydrogen) atoms. The van der Waals surface area contributed by atoms with Gasteiger partial charge < -0.3 is 15.5 Å². The van der Waals surface area contributed by atoms with Gasteiger partial charge in [0.1, 0.15) is 0 Å². The Morgan fingerprint density at radius 1 is 0.938 bits per heavy atom. The number of rotatable bonds is 11. The Morgan fingerprint density at radius 3 is 2.47 bits per heavy atom. The van der Waals surface area contributed by atoms with Crippen LogP contribution in [0.3, 0.4) is 0 Å². The molecular formula is C27H32N4O. The molecule has 0 aliphatic rings. The number of pyridine rings is 1. The first-order chi connectivity index (χ1) is 15.7. The summed E-state index contributed by atoms with van der Waals surface area (Å²) in [7, 11) is 0. The third kappa shape index (κ3) is 7.36. The van der Waals surface area contributed by atoms with E-state index in [-0.39, 0.29) is 5.91 Å². The van der Waals surface area contributed by atoms with E-state index < -0.39 is 0 Å². The van der Waals surface area contributed by atoms with Crippen molar-refractivity contribution in [2.45, 2.75) is 20.3 Å². The number of nitrogens with zero attached hydrogens (tertiary/aromatic N) is 2. The molecule has 166 valence electrons. The van der Waals surface area contributed by atoms with E-state index in [0.717, 1.165) is 48.7 Å².